The number of carboxylic acids is 1. The maximum absolute atomic E-state index is 13.9. The molecule has 1 aliphatic heterocycles. The maximum atomic E-state index is 13.9. The van der Waals surface area contributed by atoms with Crippen molar-refractivity contribution in [2.75, 3.05) is 4.90 Å². The van der Waals surface area contributed by atoms with Crippen LogP contribution in [-0.2, 0) is 4.79 Å². The van der Waals surface area contributed by atoms with E-state index < -0.39 is 17.7 Å². The van der Waals surface area contributed by atoms with Crippen molar-refractivity contribution in [3.8, 4) is 0 Å². The SMILES string of the molecule is O=C(O)c1cccc(N2C(=O)C(=Cc3c(F)cccc3Cl)SC2=S)c1. The summed E-state index contributed by atoms with van der Waals surface area (Å²) in [5.74, 6) is -2.12. The fourth-order valence-corrected chi connectivity index (χ4v) is 3.75. The second kappa shape index (κ2) is 6.95. The number of hydrogen-bond donors (Lipinski definition) is 1. The minimum atomic E-state index is -1.11. The number of aromatic carboxylic acids is 1. The number of anilines is 1. The van der Waals surface area contributed by atoms with E-state index >= 15 is 0 Å². The van der Waals surface area contributed by atoms with Crippen LogP contribution in [0.15, 0.2) is 47.4 Å². The molecule has 25 heavy (non-hydrogen) atoms. The standard InChI is InChI=1S/C17H9ClFNO3S2/c18-12-5-2-6-13(19)11(12)8-14-15(21)20(17(24)25-14)10-4-1-3-9(7-10)16(22)23/h1-8H,(H,22,23). The van der Waals surface area contributed by atoms with Gasteiger partial charge in [0.15, 0.2) is 4.32 Å². The fourth-order valence-electron chi connectivity index (χ4n) is 2.25. The van der Waals surface area contributed by atoms with Gasteiger partial charge in [0.1, 0.15) is 5.82 Å². The quantitative estimate of drug-likeness (QED) is 0.610. The lowest BCUT2D eigenvalue weighted by Crippen LogP contribution is -2.27. The molecule has 3 rings (SSSR count). The van der Waals surface area contributed by atoms with Gasteiger partial charge in [-0.2, -0.15) is 0 Å². The third-order valence-corrected chi connectivity index (χ3v) is 5.05. The zero-order valence-corrected chi connectivity index (χ0v) is 14.8. The lowest BCUT2D eigenvalue weighted by molar-refractivity contribution is -0.113. The highest BCUT2D eigenvalue weighted by molar-refractivity contribution is 8.27. The minimum Gasteiger partial charge on any atom is -0.478 e. The molecule has 8 heteroatoms. The number of thiocarbonyl (C=S) groups is 1. The van der Waals surface area contributed by atoms with Crippen LogP contribution >= 0.6 is 35.6 Å². The average Bonchev–Trinajstić information content (AvgIpc) is 2.85. The Morgan fingerprint density at radius 3 is 2.68 bits per heavy atom. The molecule has 0 radical (unpaired) electrons. The summed E-state index contributed by atoms with van der Waals surface area (Å²) >= 11 is 12.2. The molecule has 0 saturated carbocycles. The Morgan fingerprint density at radius 2 is 2.00 bits per heavy atom. The van der Waals surface area contributed by atoms with Crippen LogP contribution in [0.25, 0.3) is 6.08 Å². The number of benzene rings is 2. The molecule has 1 amide bonds. The zero-order chi connectivity index (χ0) is 18.1. The van der Waals surface area contributed by atoms with Crippen molar-refractivity contribution in [2.45, 2.75) is 0 Å². The van der Waals surface area contributed by atoms with Gasteiger partial charge in [0, 0.05) is 5.56 Å². The van der Waals surface area contributed by atoms with E-state index in [1.54, 1.807) is 6.07 Å². The van der Waals surface area contributed by atoms with Gasteiger partial charge in [-0.15, -0.1) is 0 Å². The Morgan fingerprint density at radius 1 is 1.28 bits per heavy atom. The molecule has 1 N–H and O–H groups in total. The van der Waals surface area contributed by atoms with E-state index in [4.69, 9.17) is 28.9 Å². The maximum Gasteiger partial charge on any atom is 0.335 e. The molecule has 2 aromatic carbocycles. The summed E-state index contributed by atoms with van der Waals surface area (Å²) in [7, 11) is 0. The molecule has 1 saturated heterocycles. The first-order chi connectivity index (χ1) is 11.9. The van der Waals surface area contributed by atoms with Crippen molar-refractivity contribution < 1.29 is 19.1 Å². The molecular weight excluding hydrogens is 385 g/mol. The van der Waals surface area contributed by atoms with Crippen LogP contribution in [0.2, 0.25) is 5.02 Å². The highest BCUT2D eigenvalue weighted by Crippen LogP contribution is 2.37. The molecule has 0 atom stereocenters. The number of carboxylic acid groups (broad SMARTS) is 1. The first-order valence-electron chi connectivity index (χ1n) is 6.94. The van der Waals surface area contributed by atoms with Gasteiger partial charge in [-0.3, -0.25) is 9.69 Å². The van der Waals surface area contributed by atoms with Crippen LogP contribution < -0.4 is 4.90 Å². The molecule has 0 unspecified atom stereocenters. The molecule has 0 spiro atoms. The smallest absolute Gasteiger partial charge is 0.335 e. The number of nitrogens with zero attached hydrogens (tertiary/aromatic N) is 1. The van der Waals surface area contributed by atoms with Gasteiger partial charge in [-0.25, -0.2) is 9.18 Å². The molecular formula is C17H9ClFNO3S2. The van der Waals surface area contributed by atoms with Crippen LogP contribution in [0.4, 0.5) is 10.1 Å². The second-order valence-electron chi connectivity index (χ2n) is 5.01. The van der Waals surface area contributed by atoms with Crippen LogP contribution in [0.5, 0.6) is 0 Å². The summed E-state index contributed by atoms with van der Waals surface area (Å²) in [5, 5.41) is 9.26. The third-order valence-electron chi connectivity index (χ3n) is 3.42. The van der Waals surface area contributed by atoms with Gasteiger partial charge < -0.3 is 5.11 Å². The molecule has 4 nitrogen and oxygen atoms in total. The van der Waals surface area contributed by atoms with E-state index in [0.717, 1.165) is 11.8 Å². The van der Waals surface area contributed by atoms with Crippen molar-refractivity contribution in [1.82, 2.24) is 0 Å². The molecule has 1 fully saturated rings. The van der Waals surface area contributed by atoms with E-state index in [0.29, 0.717) is 5.69 Å². The summed E-state index contributed by atoms with van der Waals surface area (Å²) in [6.45, 7) is 0. The van der Waals surface area contributed by atoms with Gasteiger partial charge in [0.2, 0.25) is 0 Å². The van der Waals surface area contributed by atoms with Gasteiger partial charge in [0.25, 0.3) is 5.91 Å². The van der Waals surface area contributed by atoms with Crippen molar-refractivity contribution in [3.05, 3.63) is 69.3 Å². The summed E-state index contributed by atoms with van der Waals surface area (Å²) in [6, 6.07) is 10.1. The van der Waals surface area contributed by atoms with Crippen LogP contribution in [0, 0.1) is 5.82 Å². The van der Waals surface area contributed by atoms with Crippen molar-refractivity contribution in [2.24, 2.45) is 0 Å². The topological polar surface area (TPSA) is 57.6 Å². The number of rotatable bonds is 3. The highest BCUT2D eigenvalue weighted by atomic mass is 35.5. The monoisotopic (exact) mass is 393 g/mol. The first kappa shape index (κ1) is 17.6. The second-order valence-corrected chi connectivity index (χ2v) is 7.09. The Hall–Kier alpha value is -2.22. The van der Waals surface area contributed by atoms with E-state index in [9.17, 15) is 14.0 Å². The molecule has 0 aliphatic carbocycles. The summed E-state index contributed by atoms with van der Waals surface area (Å²) in [4.78, 5) is 25.2. The summed E-state index contributed by atoms with van der Waals surface area (Å²) < 4.78 is 14.2. The summed E-state index contributed by atoms with van der Waals surface area (Å²) in [6.07, 6.45) is 1.35. The lowest BCUT2D eigenvalue weighted by Gasteiger charge is -2.14. The van der Waals surface area contributed by atoms with E-state index in [1.807, 2.05) is 0 Å². The number of carbonyl (C=O) groups is 2. The van der Waals surface area contributed by atoms with E-state index in [1.165, 1.54) is 47.4 Å². The Balaban J connectivity index is 2.00. The molecule has 2 aromatic rings. The van der Waals surface area contributed by atoms with Crippen LogP contribution in [-0.4, -0.2) is 21.3 Å². The predicted molar refractivity (Wildman–Crippen MR) is 100 cm³/mol. The fraction of sp³-hybridized carbons (Fsp3) is 0. The van der Waals surface area contributed by atoms with Gasteiger partial charge in [0.05, 0.1) is 21.2 Å². The van der Waals surface area contributed by atoms with Crippen LogP contribution in [0.3, 0.4) is 0 Å². The molecule has 0 aromatic heterocycles. The molecule has 1 aliphatic rings. The van der Waals surface area contributed by atoms with Crippen LogP contribution in [0.1, 0.15) is 15.9 Å². The zero-order valence-electron chi connectivity index (χ0n) is 12.4. The third kappa shape index (κ3) is 3.44. The average molecular weight is 394 g/mol. The molecule has 1 heterocycles. The lowest BCUT2D eigenvalue weighted by atomic mass is 10.1. The first-order valence-corrected chi connectivity index (χ1v) is 8.54. The number of carbonyl (C=O) groups excluding carboxylic acids is 1. The van der Waals surface area contributed by atoms with Gasteiger partial charge >= 0.3 is 5.97 Å². The predicted octanol–water partition coefficient (Wildman–Crippen LogP) is 4.58. The summed E-state index contributed by atoms with van der Waals surface area (Å²) in [5.41, 5.74) is 0.474. The normalized spacial score (nSPS) is 15.9. The Bertz CT molecular complexity index is 925. The van der Waals surface area contributed by atoms with E-state index in [-0.39, 0.29) is 25.4 Å². The largest absolute Gasteiger partial charge is 0.478 e. The Kier molecular flexibility index (Phi) is 4.89. The highest BCUT2D eigenvalue weighted by Gasteiger charge is 2.34. The Labute approximate surface area is 156 Å². The van der Waals surface area contributed by atoms with Crippen molar-refractivity contribution in [3.63, 3.8) is 0 Å². The molecule has 126 valence electrons. The minimum absolute atomic E-state index is 0.0349. The number of amides is 1. The number of halogens is 2. The number of thioether (sulfide) groups is 1. The van der Waals surface area contributed by atoms with Gasteiger partial charge in [-0.1, -0.05) is 47.7 Å². The van der Waals surface area contributed by atoms with Crippen molar-refractivity contribution in [1.29, 1.82) is 0 Å². The van der Waals surface area contributed by atoms with Crippen molar-refractivity contribution >= 4 is 63.5 Å². The molecule has 0 bridgehead atoms. The number of hydrogen-bond acceptors (Lipinski definition) is 4. The van der Waals surface area contributed by atoms with E-state index in [2.05, 4.69) is 0 Å². The van der Waals surface area contributed by atoms with Gasteiger partial charge in [-0.05, 0) is 36.4 Å².